The van der Waals surface area contributed by atoms with Gasteiger partial charge in [-0.1, -0.05) is 12.1 Å². The fourth-order valence-corrected chi connectivity index (χ4v) is 1.57. The molecule has 16 heavy (non-hydrogen) atoms. The highest BCUT2D eigenvalue weighted by molar-refractivity contribution is 6.20. The highest BCUT2D eigenvalue weighted by Crippen LogP contribution is 2.20. The minimum absolute atomic E-state index is 0.145. The second-order valence-corrected chi connectivity index (χ2v) is 3.70. The average Bonchev–Trinajstić information content (AvgIpc) is 2.55. The fourth-order valence-electron chi connectivity index (χ4n) is 1.57. The number of amides is 2. The molecule has 0 fully saturated rings. The summed E-state index contributed by atoms with van der Waals surface area (Å²) in [6, 6.07) is 6.30. The van der Waals surface area contributed by atoms with Gasteiger partial charge < -0.3 is 5.11 Å². The van der Waals surface area contributed by atoms with Crippen LogP contribution in [0.15, 0.2) is 24.3 Å². The second kappa shape index (κ2) is 4.03. The molecule has 0 bridgehead atoms. The Morgan fingerprint density at radius 3 is 2.19 bits per heavy atom. The summed E-state index contributed by atoms with van der Waals surface area (Å²) in [6.45, 7) is 1.54. The van der Waals surface area contributed by atoms with Crippen LogP contribution in [0.25, 0.3) is 0 Å². The lowest BCUT2D eigenvalue weighted by Gasteiger charge is -2.19. The zero-order valence-electron chi connectivity index (χ0n) is 8.80. The number of imide groups is 1. The summed E-state index contributed by atoms with van der Waals surface area (Å²) in [5.41, 5.74) is 3.45. The van der Waals surface area contributed by atoms with Crippen molar-refractivity contribution in [2.75, 3.05) is 6.61 Å². The third-order valence-electron chi connectivity index (χ3n) is 2.42. The molecule has 84 valence electrons. The van der Waals surface area contributed by atoms with Crippen molar-refractivity contribution in [3.8, 4) is 0 Å². The van der Waals surface area contributed by atoms with Crippen LogP contribution in [0.2, 0.25) is 0 Å². The minimum Gasteiger partial charge on any atom is -0.395 e. The van der Waals surface area contributed by atoms with Crippen LogP contribution in [0.1, 0.15) is 27.6 Å². The molecule has 2 rings (SSSR count). The molecule has 1 heterocycles. The number of benzene rings is 1. The molecular formula is C11H12N2O3. The molecule has 1 aromatic rings. The lowest BCUT2D eigenvalue weighted by molar-refractivity contribution is 0.0513. The molecule has 1 aliphatic rings. The van der Waals surface area contributed by atoms with Crippen LogP contribution in [0.3, 0.4) is 0 Å². The molecule has 0 aliphatic carbocycles. The zero-order chi connectivity index (χ0) is 11.7. The van der Waals surface area contributed by atoms with Gasteiger partial charge in [0, 0.05) is 6.04 Å². The van der Waals surface area contributed by atoms with Gasteiger partial charge in [-0.05, 0) is 19.1 Å². The first-order valence-corrected chi connectivity index (χ1v) is 5.00. The van der Waals surface area contributed by atoms with Gasteiger partial charge in [0.1, 0.15) is 0 Å². The summed E-state index contributed by atoms with van der Waals surface area (Å²) in [5, 5.41) is 9.82. The molecule has 0 aromatic heterocycles. The van der Waals surface area contributed by atoms with Gasteiger partial charge in [0.25, 0.3) is 11.8 Å². The van der Waals surface area contributed by atoms with E-state index in [0.717, 1.165) is 5.01 Å². The van der Waals surface area contributed by atoms with Crippen molar-refractivity contribution in [1.82, 2.24) is 10.4 Å². The molecule has 1 aromatic carbocycles. The van der Waals surface area contributed by atoms with Crippen molar-refractivity contribution >= 4 is 11.8 Å². The molecule has 2 amide bonds. The zero-order valence-corrected chi connectivity index (χ0v) is 8.80. The van der Waals surface area contributed by atoms with Crippen molar-refractivity contribution in [1.29, 1.82) is 0 Å². The molecule has 5 heteroatoms. The van der Waals surface area contributed by atoms with Crippen LogP contribution in [0, 0.1) is 0 Å². The van der Waals surface area contributed by atoms with Gasteiger partial charge >= 0.3 is 0 Å². The molecule has 0 radical (unpaired) electrons. The smallest absolute Gasteiger partial charge is 0.276 e. The number of aliphatic hydroxyl groups excluding tert-OH is 1. The highest BCUT2D eigenvalue weighted by Gasteiger charge is 2.35. The number of nitrogens with zero attached hydrogens (tertiary/aromatic N) is 1. The normalized spacial score (nSPS) is 16.5. The molecule has 0 unspecified atom stereocenters. The SMILES string of the molecule is C[C@@H](CO)NN1C(=O)c2ccccc2C1=O. The predicted octanol–water partition coefficient (Wildman–Crippen LogP) is 0.168. The maximum absolute atomic E-state index is 11.8. The number of hydrogen-bond acceptors (Lipinski definition) is 4. The number of aliphatic hydroxyl groups is 1. The van der Waals surface area contributed by atoms with E-state index >= 15 is 0 Å². The van der Waals surface area contributed by atoms with E-state index in [1.807, 2.05) is 0 Å². The summed E-state index contributed by atoms with van der Waals surface area (Å²) in [4.78, 5) is 23.6. The molecule has 2 N–H and O–H groups in total. The van der Waals surface area contributed by atoms with Gasteiger partial charge in [-0.2, -0.15) is 0 Å². The van der Waals surface area contributed by atoms with Crippen molar-refractivity contribution in [3.63, 3.8) is 0 Å². The molecular weight excluding hydrogens is 208 g/mol. The first kappa shape index (κ1) is 10.8. The highest BCUT2D eigenvalue weighted by atomic mass is 16.3. The summed E-state index contributed by atoms with van der Waals surface area (Å²) in [7, 11) is 0. The number of carbonyl (C=O) groups is 2. The van der Waals surface area contributed by atoms with Crippen molar-refractivity contribution in [3.05, 3.63) is 35.4 Å². The molecule has 0 saturated carbocycles. The Bertz CT molecular complexity index is 410. The van der Waals surface area contributed by atoms with E-state index < -0.39 is 0 Å². The Kier molecular flexibility index (Phi) is 2.72. The number of hydrazine groups is 1. The maximum Gasteiger partial charge on any atom is 0.276 e. The maximum atomic E-state index is 11.8. The molecule has 1 aliphatic heterocycles. The number of hydrogen-bond donors (Lipinski definition) is 2. The lowest BCUT2D eigenvalue weighted by Crippen LogP contribution is -2.48. The van der Waals surface area contributed by atoms with Crippen molar-refractivity contribution < 1.29 is 14.7 Å². The summed E-state index contributed by atoms with van der Waals surface area (Å²) >= 11 is 0. The van der Waals surface area contributed by atoms with Crippen LogP contribution in [-0.2, 0) is 0 Å². The summed E-state index contributed by atoms with van der Waals surface area (Å²) in [5.74, 6) is -0.748. The molecule has 0 saturated heterocycles. The molecule has 1 atom stereocenters. The first-order valence-electron chi connectivity index (χ1n) is 5.00. The molecule has 0 spiro atoms. The van der Waals surface area contributed by atoms with Crippen LogP contribution in [0.4, 0.5) is 0 Å². The quantitative estimate of drug-likeness (QED) is 0.712. The van der Waals surface area contributed by atoms with E-state index in [2.05, 4.69) is 5.43 Å². The third kappa shape index (κ3) is 1.60. The predicted molar refractivity (Wildman–Crippen MR) is 56.6 cm³/mol. The number of nitrogens with one attached hydrogen (secondary N) is 1. The number of rotatable bonds is 3. The molecule has 5 nitrogen and oxygen atoms in total. The van der Waals surface area contributed by atoms with E-state index in [4.69, 9.17) is 5.11 Å². The second-order valence-electron chi connectivity index (χ2n) is 3.70. The Hall–Kier alpha value is -1.72. The topological polar surface area (TPSA) is 69.6 Å². The van der Waals surface area contributed by atoms with Gasteiger partial charge in [0.15, 0.2) is 0 Å². The van der Waals surface area contributed by atoms with Gasteiger partial charge in [-0.25, -0.2) is 10.4 Å². The fraction of sp³-hybridized carbons (Fsp3) is 0.273. The minimum atomic E-state index is -0.374. The lowest BCUT2D eigenvalue weighted by atomic mass is 10.1. The summed E-state index contributed by atoms with van der Waals surface area (Å²) < 4.78 is 0. The van der Waals surface area contributed by atoms with Crippen LogP contribution in [0.5, 0.6) is 0 Å². The van der Waals surface area contributed by atoms with Gasteiger partial charge in [0.05, 0.1) is 17.7 Å². The van der Waals surface area contributed by atoms with E-state index in [9.17, 15) is 9.59 Å². The monoisotopic (exact) mass is 220 g/mol. The van der Waals surface area contributed by atoms with Crippen LogP contribution < -0.4 is 5.43 Å². The Morgan fingerprint density at radius 2 is 1.75 bits per heavy atom. The van der Waals surface area contributed by atoms with Crippen molar-refractivity contribution in [2.45, 2.75) is 13.0 Å². The number of fused-ring (bicyclic) bond motifs is 1. The van der Waals surface area contributed by atoms with Crippen LogP contribution in [-0.4, -0.2) is 34.6 Å². The standard InChI is InChI=1S/C11H12N2O3/c1-7(6-14)12-13-10(15)8-4-2-3-5-9(8)11(13)16/h2-5,7,12,14H,6H2,1H3/t7-/m0/s1. The largest absolute Gasteiger partial charge is 0.395 e. The van der Waals surface area contributed by atoms with Gasteiger partial charge in [-0.15, -0.1) is 0 Å². The van der Waals surface area contributed by atoms with E-state index in [0.29, 0.717) is 11.1 Å². The van der Waals surface area contributed by atoms with Gasteiger partial charge in [0.2, 0.25) is 0 Å². The average molecular weight is 220 g/mol. The van der Waals surface area contributed by atoms with E-state index in [1.54, 1.807) is 31.2 Å². The first-order chi connectivity index (χ1) is 7.65. The van der Waals surface area contributed by atoms with Crippen LogP contribution >= 0.6 is 0 Å². The number of carbonyl (C=O) groups excluding carboxylic acids is 2. The summed E-state index contributed by atoms with van der Waals surface area (Å²) in [6.07, 6.45) is 0. The Labute approximate surface area is 92.6 Å². The van der Waals surface area contributed by atoms with E-state index in [-0.39, 0.29) is 24.5 Å². The Balaban J connectivity index is 2.28. The van der Waals surface area contributed by atoms with E-state index in [1.165, 1.54) is 0 Å². The van der Waals surface area contributed by atoms with Crippen molar-refractivity contribution in [2.24, 2.45) is 0 Å². The third-order valence-corrected chi connectivity index (χ3v) is 2.42. The Morgan fingerprint density at radius 1 is 1.25 bits per heavy atom. The van der Waals surface area contributed by atoms with Gasteiger partial charge in [-0.3, -0.25) is 9.59 Å².